The summed E-state index contributed by atoms with van der Waals surface area (Å²) in [6, 6.07) is 3.77. The van der Waals surface area contributed by atoms with Crippen molar-refractivity contribution in [2.75, 3.05) is 5.32 Å². The summed E-state index contributed by atoms with van der Waals surface area (Å²) in [4.78, 5) is 15.7. The molecule has 3 nitrogen and oxygen atoms in total. The molecule has 0 fully saturated rings. The van der Waals surface area contributed by atoms with E-state index >= 15 is 0 Å². The Bertz CT molecular complexity index is 340. The molecule has 1 aromatic heterocycles. The zero-order valence-electron chi connectivity index (χ0n) is 11.1. The van der Waals surface area contributed by atoms with E-state index in [-0.39, 0.29) is 11.3 Å². The summed E-state index contributed by atoms with van der Waals surface area (Å²) in [5.41, 5.74) is 0.592. The number of hydrogen-bond donors (Lipinski definition) is 1. The Kier molecular flexibility index (Phi) is 5.72. The van der Waals surface area contributed by atoms with Gasteiger partial charge in [-0.1, -0.05) is 40.7 Å². The van der Waals surface area contributed by atoms with Crippen LogP contribution >= 0.6 is 0 Å². The first kappa shape index (κ1) is 14.6. The number of anilines is 1. The number of aromatic nitrogens is 1. The molecule has 0 saturated carbocycles. The molecular formula is C13H22N2O. The predicted octanol–water partition coefficient (Wildman–Crippen LogP) is 3.40. The van der Waals surface area contributed by atoms with Crippen LogP contribution in [-0.4, -0.2) is 10.9 Å². The van der Waals surface area contributed by atoms with Crippen LogP contribution in [0, 0.1) is 12.3 Å². The van der Waals surface area contributed by atoms with Gasteiger partial charge in [-0.3, -0.25) is 4.79 Å². The molecule has 0 saturated heterocycles. The van der Waals surface area contributed by atoms with Crippen molar-refractivity contribution in [2.24, 2.45) is 5.41 Å². The smallest absolute Gasteiger partial charge is 0.230 e. The van der Waals surface area contributed by atoms with Gasteiger partial charge in [0.2, 0.25) is 5.91 Å². The van der Waals surface area contributed by atoms with Crippen molar-refractivity contribution in [3.05, 3.63) is 23.9 Å². The fourth-order valence-electron chi connectivity index (χ4n) is 0.912. The van der Waals surface area contributed by atoms with Crippen molar-refractivity contribution in [3.63, 3.8) is 0 Å². The van der Waals surface area contributed by atoms with E-state index in [9.17, 15) is 4.79 Å². The van der Waals surface area contributed by atoms with E-state index in [4.69, 9.17) is 0 Å². The normalized spacial score (nSPS) is 10.1. The molecule has 3 heteroatoms. The maximum Gasteiger partial charge on any atom is 0.230 e. The summed E-state index contributed by atoms with van der Waals surface area (Å²) in [6.45, 7) is 11.5. The molecule has 0 radical (unpaired) electrons. The number of carbonyl (C=O) groups is 1. The van der Waals surface area contributed by atoms with Crippen molar-refractivity contribution >= 4 is 11.7 Å². The average Bonchev–Trinajstić information content (AvgIpc) is 2.23. The minimum absolute atomic E-state index is 0.0145. The SMILES string of the molecule is CC.Cc1cccnc1NC(=O)C(C)(C)C. The molecule has 0 atom stereocenters. The van der Waals surface area contributed by atoms with Gasteiger partial charge in [0.1, 0.15) is 5.82 Å². The van der Waals surface area contributed by atoms with Crippen LogP contribution in [0.5, 0.6) is 0 Å². The average molecular weight is 222 g/mol. The summed E-state index contributed by atoms with van der Waals surface area (Å²) < 4.78 is 0. The number of hydrogen-bond acceptors (Lipinski definition) is 2. The highest BCUT2D eigenvalue weighted by Gasteiger charge is 2.21. The van der Waals surface area contributed by atoms with Crippen molar-refractivity contribution in [1.29, 1.82) is 0 Å². The number of nitrogens with zero attached hydrogens (tertiary/aromatic N) is 1. The molecule has 0 bridgehead atoms. The zero-order chi connectivity index (χ0) is 12.8. The van der Waals surface area contributed by atoms with Crippen molar-refractivity contribution in [3.8, 4) is 0 Å². The first-order chi connectivity index (χ1) is 7.41. The highest BCUT2D eigenvalue weighted by atomic mass is 16.2. The third-order valence-electron chi connectivity index (χ3n) is 1.92. The van der Waals surface area contributed by atoms with E-state index in [1.54, 1.807) is 6.20 Å². The molecule has 0 aliphatic rings. The molecule has 16 heavy (non-hydrogen) atoms. The Balaban J connectivity index is 0.00000106. The Morgan fingerprint density at radius 1 is 1.31 bits per heavy atom. The number of carbonyl (C=O) groups excluding carboxylic acids is 1. The monoisotopic (exact) mass is 222 g/mol. The summed E-state index contributed by atoms with van der Waals surface area (Å²) >= 11 is 0. The van der Waals surface area contributed by atoms with Crippen molar-refractivity contribution in [2.45, 2.75) is 41.5 Å². The molecule has 1 heterocycles. The fraction of sp³-hybridized carbons (Fsp3) is 0.538. The first-order valence-corrected chi connectivity index (χ1v) is 5.64. The van der Waals surface area contributed by atoms with Crippen molar-refractivity contribution < 1.29 is 4.79 Å². The predicted molar refractivity (Wildman–Crippen MR) is 68.4 cm³/mol. The number of amides is 1. The lowest BCUT2D eigenvalue weighted by Gasteiger charge is -2.17. The molecule has 1 aromatic rings. The lowest BCUT2D eigenvalue weighted by atomic mass is 9.96. The van der Waals surface area contributed by atoms with E-state index < -0.39 is 0 Å². The molecule has 0 unspecified atom stereocenters. The summed E-state index contributed by atoms with van der Waals surface area (Å²) in [5, 5.41) is 2.80. The number of rotatable bonds is 1. The summed E-state index contributed by atoms with van der Waals surface area (Å²) in [7, 11) is 0. The second kappa shape index (κ2) is 6.26. The third-order valence-corrected chi connectivity index (χ3v) is 1.92. The van der Waals surface area contributed by atoms with E-state index in [0.29, 0.717) is 5.82 Å². The van der Waals surface area contributed by atoms with E-state index in [1.165, 1.54) is 0 Å². The molecule has 0 spiro atoms. The highest BCUT2D eigenvalue weighted by Crippen LogP contribution is 2.17. The molecule has 90 valence electrons. The van der Waals surface area contributed by atoms with Gasteiger partial charge < -0.3 is 5.32 Å². The molecule has 0 aromatic carbocycles. The topological polar surface area (TPSA) is 42.0 Å². The van der Waals surface area contributed by atoms with Crippen LogP contribution in [0.4, 0.5) is 5.82 Å². The molecule has 1 amide bonds. The summed E-state index contributed by atoms with van der Waals surface area (Å²) in [5.74, 6) is 0.631. The quantitative estimate of drug-likeness (QED) is 0.791. The largest absolute Gasteiger partial charge is 0.310 e. The second-order valence-electron chi connectivity index (χ2n) is 4.37. The molecule has 1 rings (SSSR count). The van der Waals surface area contributed by atoms with E-state index in [1.807, 2.05) is 53.7 Å². The summed E-state index contributed by atoms with van der Waals surface area (Å²) in [6.07, 6.45) is 1.67. The van der Waals surface area contributed by atoms with Crippen LogP contribution in [0.3, 0.4) is 0 Å². The zero-order valence-corrected chi connectivity index (χ0v) is 11.1. The molecule has 1 N–H and O–H groups in total. The number of pyridine rings is 1. The maximum atomic E-state index is 11.6. The van der Waals surface area contributed by atoms with Gasteiger partial charge in [-0.15, -0.1) is 0 Å². The van der Waals surface area contributed by atoms with Crippen LogP contribution in [0.1, 0.15) is 40.2 Å². The van der Waals surface area contributed by atoms with Gasteiger partial charge >= 0.3 is 0 Å². The van der Waals surface area contributed by atoms with Gasteiger partial charge in [0, 0.05) is 11.6 Å². The first-order valence-electron chi connectivity index (χ1n) is 5.64. The van der Waals surface area contributed by atoms with Gasteiger partial charge in [0.15, 0.2) is 0 Å². The van der Waals surface area contributed by atoms with Gasteiger partial charge in [-0.2, -0.15) is 0 Å². The Morgan fingerprint density at radius 3 is 2.31 bits per heavy atom. The van der Waals surface area contributed by atoms with E-state index in [2.05, 4.69) is 10.3 Å². The lowest BCUT2D eigenvalue weighted by Crippen LogP contribution is -2.28. The molecule has 0 aliphatic heterocycles. The number of nitrogens with one attached hydrogen (secondary N) is 1. The Labute approximate surface area is 98.3 Å². The minimum Gasteiger partial charge on any atom is -0.310 e. The van der Waals surface area contributed by atoms with E-state index in [0.717, 1.165) is 5.56 Å². The third kappa shape index (κ3) is 4.43. The fourth-order valence-corrected chi connectivity index (χ4v) is 0.912. The van der Waals surface area contributed by atoms with Crippen LogP contribution in [-0.2, 0) is 4.79 Å². The minimum atomic E-state index is -0.385. The van der Waals surface area contributed by atoms with Gasteiger partial charge in [0.05, 0.1) is 0 Å². The Hall–Kier alpha value is -1.38. The second-order valence-corrected chi connectivity index (χ2v) is 4.37. The standard InChI is InChI=1S/C11H16N2O.C2H6/c1-8-6-5-7-12-9(8)13-10(14)11(2,3)4;1-2/h5-7H,1-4H3,(H,12,13,14);1-2H3. The molecule has 0 aliphatic carbocycles. The lowest BCUT2D eigenvalue weighted by molar-refractivity contribution is -0.123. The molecular weight excluding hydrogens is 200 g/mol. The highest BCUT2D eigenvalue weighted by molar-refractivity contribution is 5.94. The van der Waals surface area contributed by atoms with Crippen molar-refractivity contribution in [1.82, 2.24) is 4.98 Å². The Morgan fingerprint density at radius 2 is 1.88 bits per heavy atom. The van der Waals surface area contributed by atoms with Crippen LogP contribution in [0.15, 0.2) is 18.3 Å². The van der Waals surface area contributed by atoms with Crippen LogP contribution < -0.4 is 5.32 Å². The van der Waals surface area contributed by atoms with Gasteiger partial charge in [-0.05, 0) is 18.6 Å². The van der Waals surface area contributed by atoms with Crippen LogP contribution in [0.25, 0.3) is 0 Å². The van der Waals surface area contributed by atoms with Crippen LogP contribution in [0.2, 0.25) is 0 Å². The number of aryl methyl sites for hydroxylation is 1. The maximum absolute atomic E-state index is 11.6. The van der Waals surface area contributed by atoms with Gasteiger partial charge in [0.25, 0.3) is 0 Å². The van der Waals surface area contributed by atoms with Gasteiger partial charge in [-0.25, -0.2) is 4.98 Å².